The van der Waals surface area contributed by atoms with Crippen LogP contribution in [0.5, 0.6) is 5.75 Å². The second-order valence-corrected chi connectivity index (χ2v) is 8.25. The Kier molecular flexibility index (Phi) is 7.42. The number of ether oxygens (including phenoxy) is 1. The summed E-state index contributed by atoms with van der Waals surface area (Å²) in [6, 6.07) is 3.21. The molecule has 0 aromatic heterocycles. The fourth-order valence-electron chi connectivity index (χ4n) is 5.11. The molecule has 1 aromatic carbocycles. The summed E-state index contributed by atoms with van der Waals surface area (Å²) < 4.78 is 59.2. The molecule has 1 nitrogen and oxygen atoms in total. The molecular formula is C23H30F4O. The summed E-state index contributed by atoms with van der Waals surface area (Å²) >= 11 is 0. The molecule has 0 aliphatic heterocycles. The first kappa shape index (κ1) is 21.2. The summed E-state index contributed by atoms with van der Waals surface area (Å²) in [7, 11) is 0. The molecule has 0 heterocycles. The molecule has 2 aliphatic rings. The fourth-order valence-corrected chi connectivity index (χ4v) is 5.11. The Morgan fingerprint density at radius 2 is 1.57 bits per heavy atom. The van der Waals surface area contributed by atoms with E-state index in [2.05, 4.69) is 0 Å². The van der Waals surface area contributed by atoms with Gasteiger partial charge in [-0.05, 0) is 99.7 Å². The van der Waals surface area contributed by atoms with Gasteiger partial charge in [0.05, 0.1) is 6.61 Å². The summed E-state index contributed by atoms with van der Waals surface area (Å²) in [5.41, 5.74) is 0.468. The monoisotopic (exact) mass is 398 g/mol. The Morgan fingerprint density at radius 3 is 2.14 bits per heavy atom. The molecular weight excluding hydrogens is 368 g/mol. The third kappa shape index (κ3) is 4.90. The average molecular weight is 398 g/mol. The van der Waals surface area contributed by atoms with Crippen molar-refractivity contribution < 1.29 is 22.3 Å². The molecule has 156 valence electrons. The van der Waals surface area contributed by atoms with Crippen LogP contribution in [0.2, 0.25) is 0 Å². The number of allylic oxidation sites excluding steroid dienone is 2. The van der Waals surface area contributed by atoms with E-state index in [1.165, 1.54) is 12.1 Å². The van der Waals surface area contributed by atoms with Crippen LogP contribution in [-0.2, 0) is 0 Å². The van der Waals surface area contributed by atoms with Crippen molar-refractivity contribution in [3.63, 3.8) is 0 Å². The molecule has 0 bridgehead atoms. The van der Waals surface area contributed by atoms with Crippen LogP contribution < -0.4 is 4.74 Å². The Balaban J connectivity index is 1.53. The largest absolute Gasteiger partial charge is 0.491 e. The lowest BCUT2D eigenvalue weighted by molar-refractivity contribution is 0.170. The molecule has 1 aromatic rings. The first-order valence-corrected chi connectivity index (χ1v) is 10.6. The first-order valence-electron chi connectivity index (χ1n) is 10.6. The first-order chi connectivity index (χ1) is 13.5. The predicted octanol–water partition coefficient (Wildman–Crippen LogP) is 7.27. The molecule has 2 fully saturated rings. The van der Waals surface area contributed by atoms with Gasteiger partial charge in [-0.3, -0.25) is 0 Å². The van der Waals surface area contributed by atoms with E-state index in [4.69, 9.17) is 4.74 Å². The minimum Gasteiger partial charge on any atom is -0.491 e. The van der Waals surface area contributed by atoms with Crippen molar-refractivity contribution >= 4 is 0 Å². The van der Waals surface area contributed by atoms with Gasteiger partial charge >= 0.3 is 0 Å². The summed E-state index contributed by atoms with van der Waals surface area (Å²) in [6.07, 6.45) is 9.14. The second kappa shape index (κ2) is 9.80. The quantitative estimate of drug-likeness (QED) is 0.458. The molecule has 0 atom stereocenters. The third-order valence-electron chi connectivity index (χ3n) is 6.62. The van der Waals surface area contributed by atoms with Crippen LogP contribution in [0.25, 0.3) is 0 Å². The molecule has 0 unspecified atom stereocenters. The van der Waals surface area contributed by atoms with Crippen molar-refractivity contribution in [2.45, 2.75) is 64.2 Å². The van der Waals surface area contributed by atoms with Gasteiger partial charge in [-0.15, -0.1) is 0 Å². The van der Waals surface area contributed by atoms with Crippen LogP contribution in [0.3, 0.4) is 0 Å². The van der Waals surface area contributed by atoms with E-state index in [1.54, 1.807) is 13.0 Å². The van der Waals surface area contributed by atoms with Crippen LogP contribution >= 0.6 is 0 Å². The highest BCUT2D eigenvalue weighted by Crippen LogP contribution is 2.45. The number of alkyl halides is 1. The molecule has 0 amide bonds. The van der Waals surface area contributed by atoms with Crippen molar-refractivity contribution in [2.24, 2.45) is 17.8 Å². The van der Waals surface area contributed by atoms with E-state index >= 15 is 0 Å². The maximum atomic E-state index is 14.5. The van der Waals surface area contributed by atoms with Gasteiger partial charge in [-0.25, -0.2) is 13.2 Å². The van der Waals surface area contributed by atoms with Crippen LogP contribution in [-0.4, -0.2) is 13.3 Å². The number of rotatable bonds is 6. The van der Waals surface area contributed by atoms with E-state index in [9.17, 15) is 17.6 Å². The lowest BCUT2D eigenvalue weighted by Crippen LogP contribution is -2.25. The second-order valence-electron chi connectivity index (χ2n) is 8.25. The Morgan fingerprint density at radius 1 is 0.964 bits per heavy atom. The van der Waals surface area contributed by atoms with Gasteiger partial charge in [0.25, 0.3) is 0 Å². The zero-order valence-corrected chi connectivity index (χ0v) is 16.5. The van der Waals surface area contributed by atoms with Gasteiger partial charge in [-0.1, -0.05) is 6.07 Å². The number of halogens is 4. The van der Waals surface area contributed by atoms with Gasteiger partial charge in [0.1, 0.15) is 12.5 Å². The predicted molar refractivity (Wildman–Crippen MR) is 103 cm³/mol. The number of hydrogen-bond acceptors (Lipinski definition) is 1. The maximum Gasteiger partial charge on any atom is 0.200 e. The van der Waals surface area contributed by atoms with Crippen LogP contribution in [0.4, 0.5) is 17.6 Å². The Labute approximate surface area is 165 Å². The van der Waals surface area contributed by atoms with Crippen molar-refractivity contribution in [3.05, 3.63) is 41.2 Å². The lowest BCUT2D eigenvalue weighted by Gasteiger charge is -2.37. The van der Waals surface area contributed by atoms with E-state index < -0.39 is 24.1 Å². The van der Waals surface area contributed by atoms with E-state index in [-0.39, 0.29) is 17.6 Å². The minimum atomic E-state index is -1.01. The van der Waals surface area contributed by atoms with Gasteiger partial charge < -0.3 is 4.74 Å². The molecule has 0 saturated heterocycles. The smallest absolute Gasteiger partial charge is 0.200 e. The Bertz CT molecular complexity index is 671. The molecule has 0 N–H and O–H groups in total. The van der Waals surface area contributed by atoms with Crippen LogP contribution in [0, 0.1) is 29.4 Å². The Hall–Kier alpha value is -1.52. The number of benzene rings is 1. The maximum absolute atomic E-state index is 14.5. The standard InChI is InChI=1S/C23H30F4O/c1-2-28-21-12-11-20(22(26)23(21)27)18-9-7-17(8-10-18)16-5-3-15(4-6-16)13-19(25)14-24/h11-13,15-18H,2-10,14H2,1H3/b19-13-. The fraction of sp³-hybridized carbons (Fsp3) is 0.652. The lowest BCUT2D eigenvalue weighted by atomic mass is 9.68. The van der Waals surface area contributed by atoms with Crippen molar-refractivity contribution in [1.82, 2.24) is 0 Å². The van der Waals surface area contributed by atoms with Crippen LogP contribution in [0.1, 0.15) is 69.8 Å². The number of hydrogen-bond donors (Lipinski definition) is 0. The van der Waals surface area contributed by atoms with Crippen molar-refractivity contribution in [1.29, 1.82) is 0 Å². The molecule has 0 spiro atoms. The highest BCUT2D eigenvalue weighted by Gasteiger charge is 2.32. The van der Waals surface area contributed by atoms with Crippen LogP contribution in [0.15, 0.2) is 24.0 Å². The SMILES string of the molecule is CCOc1ccc(C2CCC(C3CCC(/C=C(\F)CF)CC3)CC2)c(F)c1F. The summed E-state index contributed by atoms with van der Waals surface area (Å²) in [6.45, 7) is 1.04. The highest BCUT2D eigenvalue weighted by atomic mass is 19.2. The van der Waals surface area contributed by atoms with Gasteiger partial charge in [0.15, 0.2) is 11.6 Å². The van der Waals surface area contributed by atoms with Gasteiger partial charge in [0.2, 0.25) is 5.82 Å². The molecule has 28 heavy (non-hydrogen) atoms. The average Bonchev–Trinajstić information content (AvgIpc) is 2.72. The van der Waals surface area contributed by atoms with E-state index in [0.29, 0.717) is 24.0 Å². The van der Waals surface area contributed by atoms with E-state index in [0.717, 1.165) is 51.4 Å². The van der Waals surface area contributed by atoms with Crippen molar-refractivity contribution in [2.75, 3.05) is 13.3 Å². The topological polar surface area (TPSA) is 9.23 Å². The van der Waals surface area contributed by atoms with Gasteiger partial charge in [0, 0.05) is 0 Å². The zero-order chi connectivity index (χ0) is 20.1. The molecule has 5 heteroatoms. The van der Waals surface area contributed by atoms with Gasteiger partial charge in [-0.2, -0.15) is 4.39 Å². The summed E-state index contributed by atoms with van der Waals surface area (Å²) in [4.78, 5) is 0. The molecule has 2 aliphatic carbocycles. The normalized spacial score (nSPS) is 29.0. The van der Waals surface area contributed by atoms with Crippen molar-refractivity contribution in [3.8, 4) is 5.75 Å². The molecule has 0 radical (unpaired) electrons. The third-order valence-corrected chi connectivity index (χ3v) is 6.62. The zero-order valence-electron chi connectivity index (χ0n) is 16.5. The highest BCUT2D eigenvalue weighted by molar-refractivity contribution is 5.33. The molecule has 3 rings (SSSR count). The summed E-state index contributed by atoms with van der Waals surface area (Å²) in [5.74, 6) is -0.890. The molecule has 2 saturated carbocycles. The summed E-state index contributed by atoms with van der Waals surface area (Å²) in [5, 5.41) is 0. The minimum absolute atomic E-state index is 0.0209. The van der Waals surface area contributed by atoms with E-state index in [1.807, 2.05) is 0 Å².